The highest BCUT2D eigenvalue weighted by molar-refractivity contribution is 7.91. The molecule has 0 radical (unpaired) electrons. The number of thiazole rings is 1. The highest BCUT2D eigenvalue weighted by Gasteiger charge is 2.20. The molecule has 0 saturated carbocycles. The Hall–Kier alpha value is -3.04. The number of sulfone groups is 1. The molecule has 0 aliphatic heterocycles. The van der Waals surface area contributed by atoms with Crippen LogP contribution in [-0.4, -0.2) is 37.7 Å². The molecule has 0 N–H and O–H groups in total. The molecule has 1 aromatic heterocycles. The number of nitrogens with zero attached hydrogens (tertiary/aromatic N) is 2. The number of carbonyl (C=O) groups is 2. The average molecular weight is 445 g/mol. The number of aromatic nitrogens is 1. The van der Waals surface area contributed by atoms with Crippen molar-refractivity contribution in [2.45, 2.75) is 18.4 Å². The molecule has 0 aliphatic rings. The van der Waals surface area contributed by atoms with E-state index in [0.717, 1.165) is 10.2 Å². The van der Waals surface area contributed by atoms with Crippen molar-refractivity contribution in [1.82, 2.24) is 4.57 Å². The van der Waals surface area contributed by atoms with Crippen molar-refractivity contribution < 1.29 is 22.7 Å². The highest BCUT2D eigenvalue weighted by atomic mass is 32.2. The summed E-state index contributed by atoms with van der Waals surface area (Å²) in [5, 5.41) is 0. The van der Waals surface area contributed by atoms with E-state index in [2.05, 4.69) is 11.6 Å². The molecule has 7 nitrogen and oxygen atoms in total. The summed E-state index contributed by atoms with van der Waals surface area (Å²) in [6.07, 6.45) is 1.67. The van der Waals surface area contributed by atoms with Crippen LogP contribution >= 0.6 is 11.3 Å². The van der Waals surface area contributed by atoms with Gasteiger partial charge >= 0.3 is 5.97 Å². The van der Waals surface area contributed by atoms with Gasteiger partial charge in [0.15, 0.2) is 14.6 Å². The molecule has 0 unspecified atom stereocenters. The Bertz CT molecular complexity index is 1320. The number of rotatable bonds is 6. The van der Waals surface area contributed by atoms with Gasteiger partial charge in [-0.15, -0.1) is 6.58 Å². The van der Waals surface area contributed by atoms with Gasteiger partial charge in [0.1, 0.15) is 0 Å². The van der Waals surface area contributed by atoms with E-state index in [1.54, 1.807) is 41.0 Å². The van der Waals surface area contributed by atoms with Crippen LogP contribution in [-0.2, 0) is 21.1 Å². The standard InChI is InChI=1S/C21H20N2O5S2/c1-4-12-23-16-11-10-14(20(25)28-3)13-17(16)29-21(23)22-19(24)15-8-6-7-9-18(15)30(26,27)5-2/h4,6-11,13H,1,5,12H2,2-3H3. The minimum Gasteiger partial charge on any atom is -0.465 e. The molecule has 156 valence electrons. The summed E-state index contributed by atoms with van der Waals surface area (Å²) in [4.78, 5) is 29.3. The van der Waals surface area contributed by atoms with E-state index >= 15 is 0 Å². The molecular formula is C21H20N2O5S2. The zero-order chi connectivity index (χ0) is 21.9. The van der Waals surface area contributed by atoms with Crippen molar-refractivity contribution in [2.75, 3.05) is 12.9 Å². The molecule has 0 spiro atoms. The number of amides is 1. The highest BCUT2D eigenvalue weighted by Crippen LogP contribution is 2.21. The summed E-state index contributed by atoms with van der Waals surface area (Å²) in [5.74, 6) is -1.23. The van der Waals surface area contributed by atoms with Gasteiger partial charge in [0.05, 0.1) is 39.1 Å². The Morgan fingerprint density at radius 2 is 1.97 bits per heavy atom. The number of ether oxygens (including phenoxy) is 1. The molecule has 3 aromatic rings. The summed E-state index contributed by atoms with van der Waals surface area (Å²) < 4.78 is 32.0. The Labute approximate surface area is 177 Å². The Morgan fingerprint density at radius 1 is 1.23 bits per heavy atom. The second-order valence-electron chi connectivity index (χ2n) is 6.27. The lowest BCUT2D eigenvalue weighted by Gasteiger charge is -2.06. The predicted molar refractivity (Wildman–Crippen MR) is 115 cm³/mol. The molecule has 2 aromatic carbocycles. The lowest BCUT2D eigenvalue weighted by molar-refractivity contribution is 0.0600. The van der Waals surface area contributed by atoms with Gasteiger partial charge in [0.2, 0.25) is 0 Å². The van der Waals surface area contributed by atoms with Crippen LogP contribution < -0.4 is 4.80 Å². The Balaban J connectivity index is 2.19. The SMILES string of the molecule is C=CCn1c(=NC(=O)c2ccccc2S(=O)(=O)CC)sc2cc(C(=O)OC)ccc21. The molecule has 0 aliphatic carbocycles. The van der Waals surface area contributed by atoms with Crippen molar-refractivity contribution in [2.24, 2.45) is 4.99 Å². The van der Waals surface area contributed by atoms with Gasteiger partial charge in [0.25, 0.3) is 5.91 Å². The zero-order valence-corrected chi connectivity index (χ0v) is 18.1. The van der Waals surface area contributed by atoms with Gasteiger partial charge in [-0.25, -0.2) is 13.2 Å². The smallest absolute Gasteiger partial charge is 0.337 e. The van der Waals surface area contributed by atoms with Crippen LogP contribution in [0.1, 0.15) is 27.6 Å². The van der Waals surface area contributed by atoms with E-state index in [1.807, 2.05) is 0 Å². The monoisotopic (exact) mass is 444 g/mol. The van der Waals surface area contributed by atoms with E-state index in [4.69, 9.17) is 4.74 Å². The number of hydrogen-bond acceptors (Lipinski definition) is 6. The van der Waals surface area contributed by atoms with Crippen molar-refractivity contribution in [3.8, 4) is 0 Å². The second kappa shape index (κ2) is 8.76. The van der Waals surface area contributed by atoms with E-state index in [-0.39, 0.29) is 16.2 Å². The fraction of sp³-hybridized carbons (Fsp3) is 0.190. The van der Waals surface area contributed by atoms with Crippen LogP contribution in [0.2, 0.25) is 0 Å². The molecule has 3 rings (SSSR count). The number of esters is 1. The second-order valence-corrected chi connectivity index (χ2v) is 9.53. The van der Waals surface area contributed by atoms with Crippen molar-refractivity contribution >= 4 is 43.3 Å². The third-order valence-electron chi connectivity index (χ3n) is 4.45. The first-order valence-corrected chi connectivity index (χ1v) is 11.5. The van der Waals surface area contributed by atoms with E-state index in [0.29, 0.717) is 16.9 Å². The third-order valence-corrected chi connectivity index (χ3v) is 7.27. The topological polar surface area (TPSA) is 94.8 Å². The van der Waals surface area contributed by atoms with Gasteiger partial charge in [-0.05, 0) is 30.3 Å². The van der Waals surface area contributed by atoms with Gasteiger partial charge < -0.3 is 9.30 Å². The summed E-state index contributed by atoms with van der Waals surface area (Å²) in [7, 11) is -2.28. The first kappa shape index (κ1) is 21.7. The lowest BCUT2D eigenvalue weighted by Crippen LogP contribution is -2.17. The summed E-state index contributed by atoms with van der Waals surface area (Å²) in [6, 6.07) is 11.1. The zero-order valence-electron chi connectivity index (χ0n) is 16.5. The van der Waals surface area contributed by atoms with Crippen molar-refractivity contribution in [3.63, 3.8) is 0 Å². The molecule has 1 heterocycles. The summed E-state index contributed by atoms with van der Waals surface area (Å²) >= 11 is 1.22. The van der Waals surface area contributed by atoms with Crippen LogP contribution in [0, 0.1) is 0 Å². The molecule has 1 amide bonds. The van der Waals surface area contributed by atoms with E-state index in [9.17, 15) is 18.0 Å². The normalized spacial score (nSPS) is 12.1. The number of hydrogen-bond donors (Lipinski definition) is 0. The Kier molecular flexibility index (Phi) is 6.33. The number of benzene rings is 2. The quantitative estimate of drug-likeness (QED) is 0.430. The number of allylic oxidation sites excluding steroid dienone is 1. The van der Waals surface area contributed by atoms with Gasteiger partial charge in [-0.3, -0.25) is 4.79 Å². The maximum Gasteiger partial charge on any atom is 0.337 e. The van der Waals surface area contributed by atoms with Crippen molar-refractivity contribution in [3.05, 3.63) is 71.0 Å². The largest absolute Gasteiger partial charge is 0.465 e. The molecular weight excluding hydrogens is 424 g/mol. The van der Waals surface area contributed by atoms with Crippen LogP contribution in [0.3, 0.4) is 0 Å². The molecule has 0 saturated heterocycles. The number of carbonyl (C=O) groups excluding carboxylic acids is 2. The van der Waals surface area contributed by atoms with Gasteiger partial charge in [-0.2, -0.15) is 4.99 Å². The van der Waals surface area contributed by atoms with E-state index < -0.39 is 21.7 Å². The van der Waals surface area contributed by atoms with Crippen LogP contribution in [0.4, 0.5) is 0 Å². The maximum absolute atomic E-state index is 12.9. The predicted octanol–water partition coefficient (Wildman–Crippen LogP) is 3.21. The third kappa shape index (κ3) is 4.12. The van der Waals surface area contributed by atoms with Crippen LogP contribution in [0.25, 0.3) is 10.2 Å². The Morgan fingerprint density at radius 3 is 2.63 bits per heavy atom. The first-order valence-electron chi connectivity index (χ1n) is 9.05. The minimum absolute atomic E-state index is 0.0252. The lowest BCUT2D eigenvalue weighted by atomic mass is 10.2. The first-order chi connectivity index (χ1) is 14.3. The fourth-order valence-electron chi connectivity index (χ4n) is 2.93. The molecule has 0 atom stereocenters. The number of fused-ring (bicyclic) bond motifs is 1. The maximum atomic E-state index is 12.9. The van der Waals surface area contributed by atoms with E-state index in [1.165, 1.54) is 37.5 Å². The molecule has 0 bridgehead atoms. The summed E-state index contributed by atoms with van der Waals surface area (Å²) in [6.45, 7) is 5.65. The fourth-order valence-corrected chi connectivity index (χ4v) is 5.09. The van der Waals surface area contributed by atoms with Crippen LogP contribution in [0.5, 0.6) is 0 Å². The summed E-state index contributed by atoms with van der Waals surface area (Å²) in [5.41, 5.74) is 1.18. The molecule has 0 fully saturated rings. The minimum atomic E-state index is -3.58. The molecule has 9 heteroatoms. The number of methoxy groups -OCH3 is 1. The van der Waals surface area contributed by atoms with Crippen LogP contribution in [0.15, 0.2) is 65.0 Å². The molecule has 30 heavy (non-hydrogen) atoms. The van der Waals surface area contributed by atoms with Gasteiger partial charge in [-0.1, -0.05) is 36.5 Å². The van der Waals surface area contributed by atoms with Crippen molar-refractivity contribution in [1.29, 1.82) is 0 Å². The average Bonchev–Trinajstić information content (AvgIpc) is 3.09. The van der Waals surface area contributed by atoms with Gasteiger partial charge in [0, 0.05) is 6.54 Å².